The minimum absolute atomic E-state index is 0.889. The molecule has 1 saturated heterocycles. The van der Waals surface area contributed by atoms with Crippen molar-refractivity contribution in [2.24, 2.45) is 0 Å². The Morgan fingerprint density at radius 3 is 1.50 bits per heavy atom. The summed E-state index contributed by atoms with van der Waals surface area (Å²) in [5, 5.41) is 0. The van der Waals surface area contributed by atoms with Crippen molar-refractivity contribution in [2.45, 2.75) is 0 Å². The third-order valence-corrected chi connectivity index (χ3v) is 66.1. The zero-order chi connectivity index (χ0) is 2.83. The molecule has 0 N–H and O–H groups in total. The summed E-state index contributed by atoms with van der Waals surface area (Å²) in [7, 11) is 4.00. The Morgan fingerprint density at radius 1 is 1.25 bits per heavy atom. The summed E-state index contributed by atoms with van der Waals surface area (Å²) in [6, 6.07) is 0. The molecule has 0 nitrogen and oxygen atoms in total. The van der Waals surface area contributed by atoms with Crippen molar-refractivity contribution < 1.29 is 0 Å². The normalized spacial score (nSPS) is 42.0. The van der Waals surface area contributed by atoms with Crippen LogP contribution in [0.3, 0.4) is 0 Å². The Labute approximate surface area is 34.8 Å². The molecule has 0 unspecified atom stereocenters. The zero-order valence-electron chi connectivity index (χ0n) is 2.70. The van der Waals surface area contributed by atoms with Gasteiger partial charge in [0.2, 0.25) is 0 Å². The predicted molar refractivity (Wildman–Crippen MR) is 32.8 cm³/mol. The SMILES string of the molecule is [SiH]1[SiH2][SiH2][SiH2]1. The number of rotatable bonds is 0. The van der Waals surface area contributed by atoms with Gasteiger partial charge in [0.1, 0.15) is 0 Å². The van der Waals surface area contributed by atoms with E-state index in [1.165, 1.54) is 8.55 Å². The smallest absolute Gasteiger partial charge is 0.00647 e. The summed E-state index contributed by atoms with van der Waals surface area (Å²) >= 11 is 0. The monoisotopic (exact) mass is 119 g/mol. The van der Waals surface area contributed by atoms with Gasteiger partial charge in [-0.05, 0) is 34.2 Å². The summed E-state index contributed by atoms with van der Waals surface area (Å²) in [5.74, 6) is 0. The van der Waals surface area contributed by atoms with Gasteiger partial charge in [-0.3, -0.25) is 0 Å². The van der Waals surface area contributed by atoms with E-state index in [0.717, 1.165) is 25.7 Å². The van der Waals surface area contributed by atoms with Crippen LogP contribution in [0.15, 0.2) is 0 Å². The van der Waals surface area contributed by atoms with Crippen molar-refractivity contribution in [3.05, 3.63) is 0 Å². The maximum absolute atomic E-state index is 1.30. The molecular weight excluding hydrogens is 112 g/mol. The summed E-state index contributed by atoms with van der Waals surface area (Å²) < 4.78 is 0. The maximum Gasteiger partial charge on any atom is -0.00647 e. The van der Waals surface area contributed by atoms with Gasteiger partial charge >= 0.3 is 0 Å². The van der Waals surface area contributed by atoms with Crippen molar-refractivity contribution in [3.63, 3.8) is 0 Å². The van der Waals surface area contributed by atoms with Crippen LogP contribution in [-0.2, 0) is 0 Å². The molecule has 0 amide bonds. The summed E-state index contributed by atoms with van der Waals surface area (Å²) in [6.07, 6.45) is 0. The highest BCUT2D eigenvalue weighted by Gasteiger charge is 1.99. The second-order valence-electron chi connectivity index (χ2n) is 1.22. The molecule has 0 aromatic heterocycles. The predicted octanol–water partition coefficient (Wildman–Crippen LogP) is -3.40. The van der Waals surface area contributed by atoms with Gasteiger partial charge < -0.3 is 0 Å². The molecule has 0 atom stereocenters. The first-order chi connectivity index (χ1) is 2.00. The standard InChI is InChI=1S/H7Si4/c1-2-4-3-1/h1H,2-4H2. The highest BCUT2D eigenvalue weighted by Crippen LogP contribution is 1.62. The Morgan fingerprint density at radius 2 is 1.50 bits per heavy atom. The number of hydrogen-bond donors (Lipinski definition) is 0. The second-order valence-corrected chi connectivity index (χ2v) is 32.9. The lowest BCUT2D eigenvalue weighted by atomic mass is 26.1. The fourth-order valence-corrected chi connectivity index (χ4v) is 16.5. The van der Waals surface area contributed by atoms with Crippen LogP contribution in [0.1, 0.15) is 0 Å². The van der Waals surface area contributed by atoms with E-state index in [1.807, 2.05) is 0 Å². The average molecular weight is 119 g/mol. The molecule has 1 aliphatic heterocycles. The van der Waals surface area contributed by atoms with Crippen molar-refractivity contribution in [1.82, 2.24) is 0 Å². The van der Waals surface area contributed by atoms with E-state index in [-0.39, 0.29) is 0 Å². The van der Waals surface area contributed by atoms with Crippen LogP contribution in [0.25, 0.3) is 0 Å². The lowest BCUT2D eigenvalue weighted by Crippen LogP contribution is -2.38. The molecule has 0 aliphatic carbocycles. The van der Waals surface area contributed by atoms with Crippen LogP contribution >= 0.6 is 0 Å². The van der Waals surface area contributed by atoms with Crippen LogP contribution in [-0.4, -0.2) is 34.2 Å². The first kappa shape index (κ1) is 3.07. The highest BCUT2D eigenvalue weighted by atomic mass is 30.1. The number of hydrogen-bond acceptors (Lipinski definition) is 0. The molecule has 0 saturated carbocycles. The minimum Gasteiger partial charge on any atom is -0.00926 e. The van der Waals surface area contributed by atoms with Crippen LogP contribution in [0.5, 0.6) is 0 Å². The van der Waals surface area contributed by atoms with Crippen LogP contribution in [0.4, 0.5) is 0 Å². The van der Waals surface area contributed by atoms with E-state index in [0.29, 0.717) is 0 Å². The molecule has 23 valence electrons. The topological polar surface area (TPSA) is 0 Å². The molecule has 0 bridgehead atoms. The molecule has 1 heterocycles. The lowest BCUT2D eigenvalue weighted by Gasteiger charge is -2.01. The van der Waals surface area contributed by atoms with Gasteiger partial charge in [0, 0.05) is 0 Å². The first-order valence-corrected chi connectivity index (χ1v) is 16.3. The quantitative estimate of drug-likeness (QED) is 0.292. The third kappa shape index (κ3) is 0.422. The molecule has 1 aliphatic rings. The molecule has 0 spiro atoms. The first-order valence-electron chi connectivity index (χ1n) is 1.82. The van der Waals surface area contributed by atoms with Crippen molar-refractivity contribution >= 4 is 34.2 Å². The van der Waals surface area contributed by atoms with Gasteiger partial charge in [-0.1, -0.05) is 0 Å². The summed E-state index contributed by atoms with van der Waals surface area (Å²) in [6.45, 7) is 0. The van der Waals surface area contributed by atoms with Gasteiger partial charge in [-0.25, -0.2) is 0 Å². The van der Waals surface area contributed by atoms with Crippen molar-refractivity contribution in [1.29, 1.82) is 0 Å². The molecule has 0 aromatic rings. The van der Waals surface area contributed by atoms with Crippen LogP contribution in [0.2, 0.25) is 0 Å². The lowest BCUT2D eigenvalue weighted by molar-refractivity contribution is 3.76. The van der Waals surface area contributed by atoms with Gasteiger partial charge in [-0.2, -0.15) is 0 Å². The van der Waals surface area contributed by atoms with Gasteiger partial charge in [0.15, 0.2) is 0 Å². The Bertz CT molecular complexity index is 8.00. The van der Waals surface area contributed by atoms with Gasteiger partial charge in [-0.15, -0.1) is 0 Å². The Kier molecular flexibility index (Phi) is 1.03. The van der Waals surface area contributed by atoms with Crippen molar-refractivity contribution in [3.8, 4) is 0 Å². The van der Waals surface area contributed by atoms with Gasteiger partial charge in [0.25, 0.3) is 0 Å². The van der Waals surface area contributed by atoms with E-state index in [1.54, 1.807) is 0 Å². The fraction of sp³-hybridized carbons (Fsp3) is 0. The molecular formula is H7Si4. The van der Waals surface area contributed by atoms with Crippen molar-refractivity contribution in [2.75, 3.05) is 0 Å². The Balaban J connectivity index is 2.00. The van der Waals surface area contributed by atoms with Gasteiger partial charge in [0.05, 0.1) is 0 Å². The average Bonchev–Trinajstić information content (AvgIpc) is 0.722. The van der Waals surface area contributed by atoms with E-state index >= 15 is 0 Å². The molecule has 1 radical (unpaired) electrons. The third-order valence-electron chi connectivity index (χ3n) is 0.816. The van der Waals surface area contributed by atoms with E-state index in [9.17, 15) is 0 Å². The molecule has 1 fully saturated rings. The second kappa shape index (κ2) is 1.34. The van der Waals surface area contributed by atoms with E-state index < -0.39 is 0 Å². The highest BCUT2D eigenvalue weighted by molar-refractivity contribution is 7.75. The maximum atomic E-state index is 1.30. The zero-order valence-corrected chi connectivity index (χ0v) is 8.10. The minimum atomic E-state index is 0.889. The van der Waals surface area contributed by atoms with E-state index in [2.05, 4.69) is 0 Å². The van der Waals surface area contributed by atoms with Crippen LogP contribution in [0, 0.1) is 0 Å². The molecule has 4 heavy (non-hydrogen) atoms. The summed E-state index contributed by atoms with van der Waals surface area (Å²) in [5.41, 5.74) is 0. The summed E-state index contributed by atoms with van der Waals surface area (Å²) in [4.78, 5) is 0. The Hall–Kier alpha value is 0.868. The molecule has 1 rings (SSSR count). The largest absolute Gasteiger partial charge is 0.00926 e. The van der Waals surface area contributed by atoms with E-state index in [4.69, 9.17) is 0 Å². The molecule has 4 heteroatoms. The van der Waals surface area contributed by atoms with Crippen LogP contribution < -0.4 is 0 Å². The fourth-order valence-electron chi connectivity index (χ4n) is 0.204. The molecule has 0 aromatic carbocycles.